The number of hydrogen-bond donors (Lipinski definition) is 2. The Morgan fingerprint density at radius 1 is 1.58 bits per heavy atom. The van der Waals surface area contributed by atoms with Crippen LogP contribution in [0.15, 0.2) is 0 Å². The van der Waals surface area contributed by atoms with Crippen molar-refractivity contribution in [1.29, 1.82) is 5.41 Å². The smallest absolute Gasteiger partial charge is 0.322 e. The summed E-state index contributed by atoms with van der Waals surface area (Å²) in [5.74, 6) is 0.758. The van der Waals surface area contributed by atoms with Gasteiger partial charge in [0.05, 0.1) is 0 Å². The van der Waals surface area contributed by atoms with E-state index in [1.54, 1.807) is 7.05 Å². The topological polar surface area (TPSA) is 56.2 Å². The molecule has 1 saturated carbocycles. The maximum atomic E-state index is 11.2. The van der Waals surface area contributed by atoms with Gasteiger partial charge in [0.2, 0.25) is 0 Å². The van der Waals surface area contributed by atoms with Crippen LogP contribution >= 0.6 is 0 Å². The molecule has 2 unspecified atom stereocenters. The van der Waals surface area contributed by atoms with Gasteiger partial charge in [-0.3, -0.25) is 10.3 Å². The molecular formula is C8H13N3O. The van der Waals surface area contributed by atoms with Crippen molar-refractivity contribution < 1.29 is 4.79 Å². The quantitative estimate of drug-likeness (QED) is 0.550. The van der Waals surface area contributed by atoms with Gasteiger partial charge in [-0.1, -0.05) is 6.42 Å². The van der Waals surface area contributed by atoms with Crippen LogP contribution in [0.2, 0.25) is 0 Å². The fraction of sp³-hybridized carbons (Fsp3) is 0.750. The van der Waals surface area contributed by atoms with Crippen LogP contribution in [0.25, 0.3) is 0 Å². The summed E-state index contributed by atoms with van der Waals surface area (Å²) in [6.07, 6.45) is 3.21. The lowest BCUT2D eigenvalue weighted by Gasteiger charge is -2.33. The molecule has 1 heterocycles. The molecule has 2 amide bonds. The first kappa shape index (κ1) is 7.58. The Kier molecular flexibility index (Phi) is 1.56. The molecule has 0 spiro atoms. The Morgan fingerprint density at radius 2 is 2.33 bits per heavy atom. The van der Waals surface area contributed by atoms with E-state index < -0.39 is 0 Å². The molecule has 2 N–H and O–H groups in total. The molecule has 2 atom stereocenters. The average molecular weight is 167 g/mol. The highest BCUT2D eigenvalue weighted by molar-refractivity contribution is 5.99. The van der Waals surface area contributed by atoms with Crippen molar-refractivity contribution in [1.82, 2.24) is 10.2 Å². The molecule has 0 aromatic rings. The van der Waals surface area contributed by atoms with Gasteiger partial charge in [-0.25, -0.2) is 4.79 Å². The molecule has 66 valence electrons. The number of nitrogens with zero attached hydrogens (tertiary/aromatic N) is 1. The molecule has 0 radical (unpaired) electrons. The number of hydrogen-bond acceptors (Lipinski definition) is 2. The highest BCUT2D eigenvalue weighted by atomic mass is 16.2. The SMILES string of the molecule is CN1C(=N)C2CCCC2NC1=O. The predicted molar refractivity (Wildman–Crippen MR) is 45.2 cm³/mol. The second kappa shape index (κ2) is 2.47. The second-order valence-corrected chi connectivity index (χ2v) is 3.54. The highest BCUT2D eigenvalue weighted by Gasteiger charge is 2.39. The summed E-state index contributed by atoms with van der Waals surface area (Å²) in [7, 11) is 1.66. The van der Waals surface area contributed by atoms with Crippen LogP contribution in [0.3, 0.4) is 0 Å². The molecule has 0 aromatic carbocycles. The predicted octanol–water partition coefficient (Wildman–Crippen LogP) is 0.787. The number of urea groups is 1. The van der Waals surface area contributed by atoms with Gasteiger partial charge in [-0.2, -0.15) is 0 Å². The number of carbonyl (C=O) groups is 1. The lowest BCUT2D eigenvalue weighted by molar-refractivity contribution is 0.211. The number of rotatable bonds is 0. The van der Waals surface area contributed by atoms with Crippen molar-refractivity contribution in [3.63, 3.8) is 0 Å². The first-order valence-corrected chi connectivity index (χ1v) is 4.33. The molecule has 1 aliphatic heterocycles. The Hall–Kier alpha value is -1.06. The third kappa shape index (κ3) is 0.906. The normalized spacial score (nSPS) is 34.9. The molecule has 1 aliphatic carbocycles. The average Bonchev–Trinajstić information content (AvgIpc) is 2.48. The number of amides is 2. The highest BCUT2D eigenvalue weighted by Crippen LogP contribution is 2.29. The van der Waals surface area contributed by atoms with Gasteiger partial charge in [0.15, 0.2) is 0 Å². The van der Waals surface area contributed by atoms with Crippen LogP contribution in [-0.2, 0) is 0 Å². The Bertz CT molecular complexity index is 238. The Morgan fingerprint density at radius 3 is 3.08 bits per heavy atom. The molecule has 12 heavy (non-hydrogen) atoms. The summed E-state index contributed by atoms with van der Waals surface area (Å²) >= 11 is 0. The van der Waals surface area contributed by atoms with Gasteiger partial charge < -0.3 is 5.32 Å². The first-order chi connectivity index (χ1) is 5.70. The summed E-state index contributed by atoms with van der Waals surface area (Å²) in [6, 6.07) is 0.115. The maximum absolute atomic E-state index is 11.2. The zero-order valence-corrected chi connectivity index (χ0v) is 7.13. The van der Waals surface area contributed by atoms with Crippen LogP contribution < -0.4 is 5.32 Å². The van der Waals surface area contributed by atoms with Crippen LogP contribution in [0.4, 0.5) is 4.79 Å². The molecule has 0 bridgehead atoms. The van der Waals surface area contributed by atoms with E-state index in [1.807, 2.05) is 0 Å². The van der Waals surface area contributed by atoms with Crippen LogP contribution in [0.1, 0.15) is 19.3 Å². The van der Waals surface area contributed by atoms with Crippen LogP contribution in [0.5, 0.6) is 0 Å². The second-order valence-electron chi connectivity index (χ2n) is 3.54. The van der Waals surface area contributed by atoms with Crippen molar-refractivity contribution >= 4 is 11.9 Å². The van der Waals surface area contributed by atoms with E-state index in [9.17, 15) is 4.79 Å². The van der Waals surface area contributed by atoms with E-state index in [0.717, 1.165) is 19.3 Å². The van der Waals surface area contributed by atoms with Crippen molar-refractivity contribution in [3.05, 3.63) is 0 Å². The molecule has 0 aromatic heterocycles. The van der Waals surface area contributed by atoms with Crippen molar-refractivity contribution in [2.75, 3.05) is 7.05 Å². The molecular weight excluding hydrogens is 154 g/mol. The van der Waals surface area contributed by atoms with Gasteiger partial charge in [-0.05, 0) is 12.8 Å². The zero-order chi connectivity index (χ0) is 8.72. The van der Waals surface area contributed by atoms with Gasteiger partial charge in [0, 0.05) is 19.0 Å². The lowest BCUT2D eigenvalue weighted by Crippen LogP contribution is -2.56. The minimum Gasteiger partial charge on any atom is -0.334 e. The summed E-state index contributed by atoms with van der Waals surface area (Å²) in [6.45, 7) is 0. The van der Waals surface area contributed by atoms with Crippen molar-refractivity contribution in [2.45, 2.75) is 25.3 Å². The minimum atomic E-state index is -0.122. The zero-order valence-electron chi connectivity index (χ0n) is 7.13. The van der Waals surface area contributed by atoms with Gasteiger partial charge in [0.25, 0.3) is 0 Å². The maximum Gasteiger partial charge on any atom is 0.322 e. The third-order valence-electron chi connectivity index (χ3n) is 2.84. The summed E-state index contributed by atoms with van der Waals surface area (Å²) in [5.41, 5.74) is 0. The molecule has 4 nitrogen and oxygen atoms in total. The third-order valence-corrected chi connectivity index (χ3v) is 2.84. The molecule has 4 heteroatoms. The van der Waals surface area contributed by atoms with E-state index in [1.165, 1.54) is 4.90 Å². The number of carbonyl (C=O) groups excluding carboxylic acids is 1. The Labute approximate surface area is 71.4 Å². The number of amidine groups is 1. The Balaban J connectivity index is 2.21. The van der Waals surface area contributed by atoms with Gasteiger partial charge in [-0.15, -0.1) is 0 Å². The summed E-state index contributed by atoms with van der Waals surface area (Å²) < 4.78 is 0. The van der Waals surface area contributed by atoms with Gasteiger partial charge in [0.1, 0.15) is 5.84 Å². The van der Waals surface area contributed by atoms with Crippen LogP contribution in [-0.4, -0.2) is 29.9 Å². The van der Waals surface area contributed by atoms with Crippen LogP contribution in [0, 0.1) is 11.3 Å². The largest absolute Gasteiger partial charge is 0.334 e. The number of nitrogens with one attached hydrogen (secondary N) is 2. The number of fused-ring (bicyclic) bond motifs is 1. The van der Waals surface area contributed by atoms with Crippen molar-refractivity contribution in [3.8, 4) is 0 Å². The van der Waals surface area contributed by atoms with E-state index in [-0.39, 0.29) is 18.0 Å². The van der Waals surface area contributed by atoms with E-state index in [2.05, 4.69) is 5.32 Å². The monoisotopic (exact) mass is 167 g/mol. The van der Waals surface area contributed by atoms with E-state index in [4.69, 9.17) is 5.41 Å². The van der Waals surface area contributed by atoms with E-state index in [0.29, 0.717) is 5.84 Å². The minimum absolute atomic E-state index is 0.122. The first-order valence-electron chi connectivity index (χ1n) is 4.33. The lowest BCUT2D eigenvalue weighted by atomic mass is 9.99. The molecule has 2 fully saturated rings. The van der Waals surface area contributed by atoms with Crippen molar-refractivity contribution in [2.24, 2.45) is 5.92 Å². The summed E-state index contributed by atoms with van der Waals surface area (Å²) in [5, 5.41) is 10.6. The molecule has 1 saturated heterocycles. The fourth-order valence-electron chi connectivity index (χ4n) is 2.07. The fourth-order valence-corrected chi connectivity index (χ4v) is 2.07. The standard InChI is InChI=1S/C8H13N3O/c1-11-7(9)5-3-2-4-6(5)10-8(11)12/h5-6,9H,2-4H2,1H3,(H,10,12). The summed E-state index contributed by atoms with van der Waals surface area (Å²) in [4.78, 5) is 12.6. The molecule has 2 rings (SSSR count). The molecule has 2 aliphatic rings. The van der Waals surface area contributed by atoms with E-state index >= 15 is 0 Å². The van der Waals surface area contributed by atoms with Gasteiger partial charge >= 0.3 is 6.03 Å².